The van der Waals surface area contributed by atoms with E-state index >= 15 is 0 Å². The summed E-state index contributed by atoms with van der Waals surface area (Å²) < 4.78 is 10.9. The van der Waals surface area contributed by atoms with Gasteiger partial charge >= 0.3 is 0 Å². The van der Waals surface area contributed by atoms with Gasteiger partial charge in [-0.3, -0.25) is 4.79 Å². The van der Waals surface area contributed by atoms with E-state index in [0.29, 0.717) is 23.2 Å². The van der Waals surface area contributed by atoms with Crippen molar-refractivity contribution < 1.29 is 14.1 Å². The molecule has 128 valence electrons. The molecule has 3 rings (SSSR count). The first-order chi connectivity index (χ1) is 12.2. The van der Waals surface area contributed by atoms with Crippen LogP contribution < -0.4 is 10.1 Å². The van der Waals surface area contributed by atoms with Gasteiger partial charge < -0.3 is 14.6 Å². The Morgan fingerprint density at radius 3 is 2.64 bits per heavy atom. The molecular formula is C19H19N3O3. The maximum atomic E-state index is 11.2. The smallest absolute Gasteiger partial charge is 0.264 e. The molecule has 0 unspecified atom stereocenters. The van der Waals surface area contributed by atoms with Crippen LogP contribution in [0.5, 0.6) is 5.75 Å². The molecule has 0 saturated carbocycles. The number of anilines is 1. The summed E-state index contributed by atoms with van der Waals surface area (Å²) in [7, 11) is 0. The van der Waals surface area contributed by atoms with Crippen LogP contribution in [-0.4, -0.2) is 16.0 Å². The Kier molecular flexibility index (Phi) is 5.09. The predicted octanol–water partition coefficient (Wildman–Crippen LogP) is 3.84. The second-order valence-corrected chi connectivity index (χ2v) is 5.53. The third kappa shape index (κ3) is 4.23. The number of para-hydroxylation sites is 2. The van der Waals surface area contributed by atoms with E-state index in [1.807, 2.05) is 36.4 Å². The lowest BCUT2D eigenvalue weighted by Crippen LogP contribution is -2.07. The zero-order chi connectivity index (χ0) is 17.6. The van der Waals surface area contributed by atoms with Crippen molar-refractivity contribution in [3.05, 3.63) is 60.0 Å². The monoisotopic (exact) mass is 337 g/mol. The molecule has 2 aromatic carbocycles. The predicted molar refractivity (Wildman–Crippen MR) is 94.2 cm³/mol. The van der Waals surface area contributed by atoms with Crippen molar-refractivity contribution in [3.63, 3.8) is 0 Å². The molecule has 1 heterocycles. The average Bonchev–Trinajstić information content (AvgIpc) is 3.09. The van der Waals surface area contributed by atoms with Crippen LogP contribution in [0.2, 0.25) is 0 Å². The van der Waals surface area contributed by atoms with Crippen LogP contribution in [0.3, 0.4) is 0 Å². The Morgan fingerprint density at radius 1 is 1.16 bits per heavy atom. The third-order valence-corrected chi connectivity index (χ3v) is 3.64. The van der Waals surface area contributed by atoms with Gasteiger partial charge in [0.25, 0.3) is 5.89 Å². The average molecular weight is 337 g/mol. The molecule has 0 fully saturated rings. The molecule has 0 radical (unpaired) electrons. The highest BCUT2D eigenvalue weighted by Gasteiger charge is 2.11. The van der Waals surface area contributed by atoms with E-state index < -0.39 is 0 Å². The first-order valence-electron chi connectivity index (χ1n) is 8.07. The van der Waals surface area contributed by atoms with Crippen LogP contribution in [-0.2, 0) is 17.8 Å². The molecule has 3 aromatic rings. The van der Waals surface area contributed by atoms with Gasteiger partial charge in [-0.15, -0.1) is 0 Å². The summed E-state index contributed by atoms with van der Waals surface area (Å²) >= 11 is 0. The van der Waals surface area contributed by atoms with Gasteiger partial charge in [-0.25, -0.2) is 0 Å². The molecule has 0 aliphatic carbocycles. The summed E-state index contributed by atoms with van der Waals surface area (Å²) in [6.07, 6.45) is 0.985. The number of hydrogen-bond donors (Lipinski definition) is 1. The van der Waals surface area contributed by atoms with Crippen molar-refractivity contribution in [1.29, 1.82) is 0 Å². The van der Waals surface area contributed by atoms with Crippen molar-refractivity contribution in [3.8, 4) is 17.1 Å². The lowest BCUT2D eigenvalue weighted by Gasteiger charge is -2.09. The van der Waals surface area contributed by atoms with E-state index in [1.54, 1.807) is 12.1 Å². The summed E-state index contributed by atoms with van der Waals surface area (Å²) in [6, 6.07) is 15.2. The molecular weight excluding hydrogens is 318 g/mol. The van der Waals surface area contributed by atoms with E-state index in [-0.39, 0.29) is 12.5 Å². The fourth-order valence-electron chi connectivity index (χ4n) is 2.35. The zero-order valence-electron chi connectivity index (χ0n) is 14.2. The maximum Gasteiger partial charge on any atom is 0.264 e. The number of aromatic nitrogens is 2. The Labute approximate surface area is 145 Å². The molecule has 1 aromatic heterocycles. The number of rotatable bonds is 6. The summed E-state index contributed by atoms with van der Waals surface area (Å²) in [6.45, 7) is 3.68. The third-order valence-electron chi connectivity index (χ3n) is 3.64. The van der Waals surface area contributed by atoms with Crippen LogP contribution in [0.4, 0.5) is 5.69 Å². The van der Waals surface area contributed by atoms with Crippen molar-refractivity contribution in [2.24, 2.45) is 0 Å². The van der Waals surface area contributed by atoms with E-state index in [4.69, 9.17) is 9.26 Å². The fraction of sp³-hybridized carbons (Fsp3) is 0.211. The largest absolute Gasteiger partial charge is 0.482 e. The second kappa shape index (κ2) is 7.61. The molecule has 0 saturated heterocycles. The van der Waals surface area contributed by atoms with Gasteiger partial charge in [-0.05, 0) is 24.1 Å². The highest BCUT2D eigenvalue weighted by atomic mass is 16.5. The number of nitrogens with one attached hydrogen (secondary N) is 1. The summed E-state index contributed by atoms with van der Waals surface area (Å²) in [4.78, 5) is 15.6. The summed E-state index contributed by atoms with van der Waals surface area (Å²) in [5, 5.41) is 6.71. The normalized spacial score (nSPS) is 10.5. The molecule has 6 heteroatoms. The number of nitrogens with zero attached hydrogens (tertiary/aromatic N) is 2. The van der Waals surface area contributed by atoms with Gasteiger partial charge in [0.1, 0.15) is 5.75 Å². The SMILES string of the molecule is CCc1ccc(-c2noc(COc3ccccc3NC(C)=O)n2)cc1. The molecule has 0 spiro atoms. The summed E-state index contributed by atoms with van der Waals surface area (Å²) in [5.74, 6) is 1.28. The number of hydrogen-bond acceptors (Lipinski definition) is 5. The standard InChI is InChI=1S/C19H19N3O3/c1-3-14-8-10-15(11-9-14)19-21-18(25-22-19)12-24-17-7-5-4-6-16(17)20-13(2)23/h4-11H,3,12H2,1-2H3,(H,20,23). The Balaban J connectivity index is 1.69. The Bertz CT molecular complexity index is 856. The second-order valence-electron chi connectivity index (χ2n) is 5.53. The van der Waals surface area contributed by atoms with Gasteiger partial charge in [0.05, 0.1) is 5.69 Å². The van der Waals surface area contributed by atoms with Crippen LogP contribution in [0.15, 0.2) is 53.1 Å². The lowest BCUT2D eigenvalue weighted by atomic mass is 10.1. The maximum absolute atomic E-state index is 11.2. The van der Waals surface area contributed by atoms with E-state index in [1.165, 1.54) is 12.5 Å². The van der Waals surface area contributed by atoms with Gasteiger partial charge in [-0.2, -0.15) is 4.98 Å². The quantitative estimate of drug-likeness (QED) is 0.739. The minimum atomic E-state index is -0.161. The first kappa shape index (κ1) is 16.7. The van der Waals surface area contributed by atoms with E-state index in [0.717, 1.165) is 12.0 Å². The topological polar surface area (TPSA) is 77.3 Å². The van der Waals surface area contributed by atoms with Gasteiger partial charge in [-0.1, -0.05) is 48.5 Å². The van der Waals surface area contributed by atoms with Crippen LogP contribution in [0.1, 0.15) is 25.3 Å². The van der Waals surface area contributed by atoms with Crippen LogP contribution >= 0.6 is 0 Å². The van der Waals surface area contributed by atoms with E-state index in [9.17, 15) is 4.79 Å². The van der Waals surface area contributed by atoms with Gasteiger partial charge in [0.2, 0.25) is 11.7 Å². The lowest BCUT2D eigenvalue weighted by molar-refractivity contribution is -0.114. The minimum absolute atomic E-state index is 0.122. The molecule has 1 N–H and O–H groups in total. The Hall–Kier alpha value is -3.15. The Morgan fingerprint density at radius 2 is 1.92 bits per heavy atom. The first-order valence-corrected chi connectivity index (χ1v) is 8.07. The number of benzene rings is 2. The number of amides is 1. The number of aryl methyl sites for hydroxylation is 1. The van der Waals surface area contributed by atoms with E-state index in [2.05, 4.69) is 22.4 Å². The zero-order valence-corrected chi connectivity index (χ0v) is 14.2. The molecule has 1 amide bonds. The van der Waals surface area contributed by atoms with Crippen molar-refractivity contribution in [2.45, 2.75) is 26.9 Å². The number of ether oxygens (including phenoxy) is 1. The van der Waals surface area contributed by atoms with Crippen LogP contribution in [0.25, 0.3) is 11.4 Å². The molecule has 0 aliphatic heterocycles. The van der Waals surface area contributed by atoms with Crippen molar-refractivity contribution in [2.75, 3.05) is 5.32 Å². The highest BCUT2D eigenvalue weighted by Crippen LogP contribution is 2.25. The van der Waals surface area contributed by atoms with Gasteiger partial charge in [0.15, 0.2) is 6.61 Å². The number of carbonyl (C=O) groups excluding carboxylic acids is 1. The molecule has 25 heavy (non-hydrogen) atoms. The molecule has 0 bridgehead atoms. The fourth-order valence-corrected chi connectivity index (χ4v) is 2.35. The highest BCUT2D eigenvalue weighted by molar-refractivity contribution is 5.90. The molecule has 0 atom stereocenters. The molecule has 6 nitrogen and oxygen atoms in total. The van der Waals surface area contributed by atoms with Crippen molar-refractivity contribution >= 4 is 11.6 Å². The summed E-state index contributed by atoms with van der Waals surface area (Å²) in [5.41, 5.74) is 2.75. The minimum Gasteiger partial charge on any atom is -0.482 e. The van der Waals surface area contributed by atoms with Gasteiger partial charge in [0, 0.05) is 12.5 Å². The number of carbonyl (C=O) groups is 1. The molecule has 0 aliphatic rings. The van der Waals surface area contributed by atoms with Crippen LogP contribution in [0, 0.1) is 0 Å². The van der Waals surface area contributed by atoms with Crippen molar-refractivity contribution in [1.82, 2.24) is 10.1 Å².